The molecule has 0 aromatic heterocycles. The molecule has 3 amide bonds. The number of carbonyl (C=O) groups is 3. The highest BCUT2D eigenvalue weighted by molar-refractivity contribution is 8.02. The molecule has 1 N–H and O–H groups in total. The Labute approximate surface area is 271 Å². The average molecular weight is 632 g/mol. The van der Waals surface area contributed by atoms with E-state index >= 15 is 0 Å². The molecule has 3 aliphatic rings. The number of fused-ring (bicyclic) bond motifs is 1. The van der Waals surface area contributed by atoms with Crippen LogP contribution in [0.1, 0.15) is 39.2 Å². The molecule has 2 bridgehead atoms. The standard InChI is InChI=1S/C36H45N3O5S/c1-6-20-37(24(4)5)35(43)32-36-19-18-29(45-36)30(33(41)38(21-7-2)26-14-16-28(17-15-26)44-8-3)31(36)34(42)39(32)27(23-40)22-25-12-10-9-11-13-25/h6-7,9-17,24,27,29-32,40H,1-2,8,18-23H2,3-5H3/t27-,29+,30-,31+,32?,36?/m1/s1. The second kappa shape index (κ2) is 13.8. The maximum atomic E-state index is 14.8. The van der Waals surface area contributed by atoms with E-state index in [1.165, 1.54) is 0 Å². The first-order chi connectivity index (χ1) is 21.7. The van der Waals surface area contributed by atoms with Crippen LogP contribution in [0.2, 0.25) is 0 Å². The first kappa shape index (κ1) is 32.8. The predicted molar refractivity (Wildman–Crippen MR) is 179 cm³/mol. The zero-order valence-electron chi connectivity index (χ0n) is 26.5. The molecular formula is C36H45N3O5S. The molecule has 240 valence electrons. The van der Waals surface area contributed by atoms with E-state index in [9.17, 15) is 19.5 Å². The van der Waals surface area contributed by atoms with Crippen molar-refractivity contribution in [2.24, 2.45) is 11.8 Å². The lowest BCUT2D eigenvalue weighted by Crippen LogP contribution is -2.59. The maximum absolute atomic E-state index is 14.8. The molecule has 0 radical (unpaired) electrons. The van der Waals surface area contributed by atoms with E-state index in [1.54, 1.807) is 38.6 Å². The van der Waals surface area contributed by atoms with Gasteiger partial charge in [-0.25, -0.2) is 0 Å². The Morgan fingerprint density at radius 1 is 1.09 bits per heavy atom. The van der Waals surface area contributed by atoms with Gasteiger partial charge in [0.2, 0.25) is 17.7 Å². The Kier molecular flexibility index (Phi) is 10.1. The van der Waals surface area contributed by atoms with Gasteiger partial charge in [-0.1, -0.05) is 42.5 Å². The lowest BCUT2D eigenvalue weighted by molar-refractivity contribution is -0.146. The fourth-order valence-corrected chi connectivity index (χ4v) is 9.75. The number of thioether (sulfide) groups is 1. The Hall–Kier alpha value is -3.56. The van der Waals surface area contributed by atoms with Gasteiger partial charge < -0.3 is 24.5 Å². The Bertz CT molecular complexity index is 1400. The summed E-state index contributed by atoms with van der Waals surface area (Å²) in [7, 11) is 0. The van der Waals surface area contributed by atoms with Gasteiger partial charge in [0.25, 0.3) is 0 Å². The normalized spacial score (nSPS) is 25.6. The summed E-state index contributed by atoms with van der Waals surface area (Å²) >= 11 is 1.64. The number of carbonyl (C=O) groups excluding carboxylic acids is 3. The highest BCUT2D eigenvalue weighted by Crippen LogP contribution is 2.67. The predicted octanol–water partition coefficient (Wildman–Crippen LogP) is 4.72. The molecule has 3 fully saturated rings. The lowest BCUT2D eigenvalue weighted by atomic mass is 9.70. The molecule has 2 unspecified atom stereocenters. The van der Waals surface area contributed by atoms with Crippen LogP contribution in [0.15, 0.2) is 79.9 Å². The average Bonchev–Trinajstić information content (AvgIpc) is 3.69. The molecule has 8 nitrogen and oxygen atoms in total. The molecule has 5 rings (SSSR count). The van der Waals surface area contributed by atoms with Crippen LogP contribution < -0.4 is 9.64 Å². The fraction of sp³-hybridized carbons (Fsp3) is 0.472. The van der Waals surface area contributed by atoms with Crippen LogP contribution in [-0.4, -0.2) is 87.1 Å². The van der Waals surface area contributed by atoms with Crippen molar-refractivity contribution in [2.75, 3.05) is 31.2 Å². The van der Waals surface area contributed by atoms with E-state index in [0.717, 1.165) is 12.0 Å². The van der Waals surface area contributed by atoms with Crippen LogP contribution in [0.25, 0.3) is 0 Å². The molecule has 9 heteroatoms. The minimum Gasteiger partial charge on any atom is -0.494 e. The maximum Gasteiger partial charge on any atom is 0.247 e. The zero-order valence-corrected chi connectivity index (χ0v) is 27.3. The monoisotopic (exact) mass is 631 g/mol. The van der Waals surface area contributed by atoms with E-state index in [0.29, 0.717) is 37.4 Å². The van der Waals surface area contributed by atoms with Gasteiger partial charge in [-0.05, 0) is 69.9 Å². The second-order valence-electron chi connectivity index (χ2n) is 12.4. The van der Waals surface area contributed by atoms with Crippen LogP contribution in [0.4, 0.5) is 5.69 Å². The van der Waals surface area contributed by atoms with Crippen LogP contribution in [0, 0.1) is 11.8 Å². The first-order valence-corrected chi connectivity index (χ1v) is 16.8. The number of anilines is 1. The summed E-state index contributed by atoms with van der Waals surface area (Å²) in [6, 6.07) is 15.6. The van der Waals surface area contributed by atoms with Crippen molar-refractivity contribution in [2.45, 2.75) is 68.2 Å². The van der Waals surface area contributed by atoms with Crippen LogP contribution >= 0.6 is 11.8 Å². The van der Waals surface area contributed by atoms with E-state index in [4.69, 9.17) is 4.74 Å². The van der Waals surface area contributed by atoms with Gasteiger partial charge >= 0.3 is 0 Å². The summed E-state index contributed by atoms with van der Waals surface area (Å²) in [5.41, 5.74) is 1.67. The molecule has 3 saturated heterocycles. The molecule has 0 saturated carbocycles. The fourth-order valence-electron chi connectivity index (χ4n) is 7.55. The molecule has 45 heavy (non-hydrogen) atoms. The van der Waals surface area contributed by atoms with Crippen LogP contribution in [0.3, 0.4) is 0 Å². The number of aliphatic hydroxyl groups is 1. The molecule has 2 aromatic carbocycles. The Morgan fingerprint density at radius 2 is 1.78 bits per heavy atom. The van der Waals surface area contributed by atoms with Crippen molar-refractivity contribution in [3.8, 4) is 5.75 Å². The number of hydrogen-bond acceptors (Lipinski definition) is 6. The minimum atomic E-state index is -0.802. The summed E-state index contributed by atoms with van der Waals surface area (Å²) < 4.78 is 4.84. The number of likely N-dealkylation sites (tertiary alicyclic amines) is 1. The number of nitrogens with zero attached hydrogens (tertiary/aromatic N) is 3. The Balaban J connectivity index is 1.56. The topological polar surface area (TPSA) is 90.4 Å². The van der Waals surface area contributed by atoms with Crippen molar-refractivity contribution in [3.63, 3.8) is 0 Å². The number of amides is 3. The lowest BCUT2D eigenvalue weighted by Gasteiger charge is -2.40. The van der Waals surface area contributed by atoms with Gasteiger partial charge in [0.05, 0.1) is 35.8 Å². The van der Waals surface area contributed by atoms with E-state index in [2.05, 4.69) is 13.2 Å². The number of aliphatic hydroxyl groups excluding tert-OH is 1. The van der Waals surface area contributed by atoms with Crippen molar-refractivity contribution in [1.29, 1.82) is 0 Å². The van der Waals surface area contributed by atoms with Gasteiger partial charge in [-0.3, -0.25) is 14.4 Å². The highest BCUT2D eigenvalue weighted by Gasteiger charge is 2.74. The summed E-state index contributed by atoms with van der Waals surface area (Å²) in [5, 5.41) is 10.7. The largest absolute Gasteiger partial charge is 0.494 e. The quantitative estimate of drug-likeness (QED) is 0.304. The Morgan fingerprint density at radius 3 is 2.38 bits per heavy atom. The van der Waals surface area contributed by atoms with E-state index in [-0.39, 0.29) is 42.2 Å². The van der Waals surface area contributed by atoms with Gasteiger partial charge in [0.1, 0.15) is 11.8 Å². The zero-order chi connectivity index (χ0) is 32.3. The van der Waals surface area contributed by atoms with Gasteiger partial charge in [0, 0.05) is 30.1 Å². The smallest absolute Gasteiger partial charge is 0.247 e. The minimum absolute atomic E-state index is 0.0903. The molecule has 3 aliphatic heterocycles. The third-order valence-corrected chi connectivity index (χ3v) is 11.4. The van der Waals surface area contributed by atoms with Gasteiger partial charge in [0.15, 0.2) is 0 Å². The van der Waals surface area contributed by atoms with Crippen LogP contribution in [0.5, 0.6) is 5.75 Å². The van der Waals surface area contributed by atoms with Crippen molar-refractivity contribution in [1.82, 2.24) is 9.80 Å². The molecule has 6 atom stereocenters. The second-order valence-corrected chi connectivity index (χ2v) is 14.0. The molecule has 0 aliphatic carbocycles. The number of ether oxygens (including phenoxy) is 1. The number of rotatable bonds is 14. The van der Waals surface area contributed by atoms with Crippen molar-refractivity contribution >= 4 is 35.2 Å². The van der Waals surface area contributed by atoms with Crippen LogP contribution in [-0.2, 0) is 20.8 Å². The summed E-state index contributed by atoms with van der Waals surface area (Å²) in [5.74, 6) is -1.08. The molecule has 2 aromatic rings. The summed E-state index contributed by atoms with van der Waals surface area (Å²) in [4.78, 5) is 49.1. The SMILES string of the molecule is C=CCN(C(=O)[C@@H]1[C@@H]2CCC3(S2)C(C(=O)N(CC=C)C(C)C)N([C@@H](CO)Cc2ccccc2)C(=O)[C@H]13)c1ccc(OCC)cc1. The molecule has 1 spiro atoms. The van der Waals surface area contributed by atoms with Gasteiger partial charge in [-0.2, -0.15) is 0 Å². The van der Waals surface area contributed by atoms with Gasteiger partial charge in [-0.15, -0.1) is 24.9 Å². The summed E-state index contributed by atoms with van der Waals surface area (Å²) in [6.07, 6.45) is 5.19. The number of benzene rings is 2. The molecule has 3 heterocycles. The van der Waals surface area contributed by atoms with E-state index in [1.807, 2.05) is 75.4 Å². The number of hydrogen-bond donors (Lipinski definition) is 1. The third-order valence-electron chi connectivity index (χ3n) is 9.44. The molecular weight excluding hydrogens is 586 g/mol. The highest BCUT2D eigenvalue weighted by atomic mass is 32.2. The first-order valence-electron chi connectivity index (χ1n) is 15.9. The summed E-state index contributed by atoms with van der Waals surface area (Å²) in [6.45, 7) is 14.5. The third kappa shape index (κ3) is 5.92. The van der Waals surface area contributed by atoms with Crippen molar-refractivity contribution < 1.29 is 24.2 Å². The van der Waals surface area contributed by atoms with E-state index < -0.39 is 28.7 Å². The van der Waals surface area contributed by atoms with Crippen molar-refractivity contribution in [3.05, 3.63) is 85.5 Å².